The van der Waals surface area contributed by atoms with Gasteiger partial charge in [0.15, 0.2) is 5.65 Å². The van der Waals surface area contributed by atoms with Crippen molar-refractivity contribution in [1.29, 1.82) is 0 Å². The van der Waals surface area contributed by atoms with Gasteiger partial charge in [0.2, 0.25) is 0 Å². The molecule has 0 bridgehead atoms. The van der Waals surface area contributed by atoms with E-state index in [0.29, 0.717) is 29.1 Å². The highest BCUT2D eigenvalue weighted by Gasteiger charge is 2.14. The first kappa shape index (κ1) is 15.9. The van der Waals surface area contributed by atoms with E-state index in [-0.39, 0.29) is 18.0 Å². The maximum absolute atomic E-state index is 12.8. The number of nitrogens with zero attached hydrogens (tertiary/aromatic N) is 5. The van der Waals surface area contributed by atoms with Gasteiger partial charge in [-0.05, 0) is 31.2 Å². The predicted octanol–water partition coefficient (Wildman–Crippen LogP) is 1.25. The number of ether oxygens (including phenoxy) is 1. The molecule has 26 heavy (non-hydrogen) atoms. The highest BCUT2D eigenvalue weighted by molar-refractivity contribution is 5.70. The van der Waals surface area contributed by atoms with Gasteiger partial charge in [-0.25, -0.2) is 15.0 Å². The van der Waals surface area contributed by atoms with E-state index in [1.165, 1.54) is 15.0 Å². The highest BCUT2D eigenvalue weighted by Crippen LogP contribution is 2.12. The zero-order valence-electron chi connectivity index (χ0n) is 14.0. The van der Waals surface area contributed by atoms with Crippen molar-refractivity contribution in [2.24, 2.45) is 0 Å². The topological polar surface area (TPSA) is 91.4 Å². The Morgan fingerprint density at radius 2 is 2.00 bits per heavy atom. The molecule has 0 radical (unpaired) electrons. The van der Waals surface area contributed by atoms with Crippen molar-refractivity contribution >= 4 is 16.8 Å². The van der Waals surface area contributed by atoms with Crippen LogP contribution < -0.4 is 15.9 Å². The molecule has 0 aliphatic carbocycles. The van der Waals surface area contributed by atoms with Gasteiger partial charge in [-0.3, -0.25) is 18.6 Å². The Balaban J connectivity index is 1.91. The predicted molar refractivity (Wildman–Crippen MR) is 95.5 cm³/mol. The lowest BCUT2D eigenvalue weighted by atomic mass is 10.3. The third kappa shape index (κ3) is 2.71. The summed E-state index contributed by atoms with van der Waals surface area (Å²) in [7, 11) is 0. The van der Waals surface area contributed by atoms with Crippen LogP contribution in [0.25, 0.3) is 16.8 Å². The molecule has 0 saturated heterocycles. The van der Waals surface area contributed by atoms with Gasteiger partial charge in [0.25, 0.3) is 11.4 Å². The van der Waals surface area contributed by atoms with Crippen LogP contribution in [0, 0.1) is 0 Å². The lowest BCUT2D eigenvalue weighted by molar-refractivity contribution is 0.320. The fourth-order valence-corrected chi connectivity index (χ4v) is 2.78. The Kier molecular flexibility index (Phi) is 3.92. The van der Waals surface area contributed by atoms with Crippen molar-refractivity contribution < 1.29 is 4.74 Å². The van der Waals surface area contributed by atoms with Crippen molar-refractivity contribution in [2.75, 3.05) is 6.61 Å². The molecule has 8 heteroatoms. The molecule has 0 N–H and O–H groups in total. The van der Waals surface area contributed by atoms with E-state index in [9.17, 15) is 9.59 Å². The SMILES string of the molecule is CCOc1nc2cccnc2n(Cc2cc(=O)n3ccccc3n2)c1=O. The maximum Gasteiger partial charge on any atom is 0.315 e. The van der Waals surface area contributed by atoms with Crippen LogP contribution in [0.15, 0.2) is 58.4 Å². The third-order valence-electron chi connectivity index (χ3n) is 3.90. The van der Waals surface area contributed by atoms with Gasteiger partial charge < -0.3 is 4.74 Å². The van der Waals surface area contributed by atoms with E-state index in [1.54, 1.807) is 49.6 Å². The molecule has 130 valence electrons. The molecule has 0 spiro atoms. The summed E-state index contributed by atoms with van der Waals surface area (Å²) in [5, 5.41) is 0. The van der Waals surface area contributed by atoms with Crippen LogP contribution in [0.1, 0.15) is 12.6 Å². The summed E-state index contributed by atoms with van der Waals surface area (Å²) in [6, 6.07) is 10.2. The second kappa shape index (κ2) is 6.40. The van der Waals surface area contributed by atoms with Crippen LogP contribution >= 0.6 is 0 Å². The molecule has 4 heterocycles. The number of hydrogen-bond acceptors (Lipinski definition) is 6. The van der Waals surface area contributed by atoms with Crippen LogP contribution in [0.2, 0.25) is 0 Å². The molecular formula is C18H15N5O3. The minimum atomic E-state index is -0.409. The summed E-state index contributed by atoms with van der Waals surface area (Å²) in [6.07, 6.45) is 3.24. The Hall–Kier alpha value is -3.55. The van der Waals surface area contributed by atoms with E-state index >= 15 is 0 Å². The molecule has 0 fully saturated rings. The van der Waals surface area contributed by atoms with E-state index < -0.39 is 5.56 Å². The molecule has 0 aliphatic heterocycles. The number of fused-ring (bicyclic) bond motifs is 2. The van der Waals surface area contributed by atoms with Crippen molar-refractivity contribution in [3.05, 3.63) is 75.2 Å². The molecule has 4 rings (SSSR count). The summed E-state index contributed by atoms with van der Waals surface area (Å²) in [6.45, 7) is 2.20. The van der Waals surface area contributed by atoms with Gasteiger partial charge in [0.05, 0.1) is 18.8 Å². The quantitative estimate of drug-likeness (QED) is 0.551. The summed E-state index contributed by atoms with van der Waals surface area (Å²) in [5.74, 6) is 0.00510. The van der Waals surface area contributed by atoms with E-state index in [0.717, 1.165) is 0 Å². The Morgan fingerprint density at radius 3 is 2.85 bits per heavy atom. The fraction of sp³-hybridized carbons (Fsp3) is 0.167. The lowest BCUT2D eigenvalue weighted by Crippen LogP contribution is -2.26. The van der Waals surface area contributed by atoms with Crippen LogP contribution in [-0.4, -0.2) is 30.5 Å². The minimum absolute atomic E-state index is 0.00510. The molecule has 0 atom stereocenters. The second-order valence-electron chi connectivity index (χ2n) is 5.60. The van der Waals surface area contributed by atoms with Gasteiger partial charge in [-0.15, -0.1) is 0 Å². The summed E-state index contributed by atoms with van der Waals surface area (Å²) >= 11 is 0. The largest absolute Gasteiger partial charge is 0.474 e. The maximum atomic E-state index is 12.8. The van der Waals surface area contributed by atoms with Crippen LogP contribution in [0.3, 0.4) is 0 Å². The van der Waals surface area contributed by atoms with Gasteiger partial charge >= 0.3 is 5.56 Å². The molecule has 0 saturated carbocycles. The first-order valence-corrected chi connectivity index (χ1v) is 8.13. The Morgan fingerprint density at radius 1 is 1.12 bits per heavy atom. The van der Waals surface area contributed by atoms with Crippen molar-refractivity contribution in [2.45, 2.75) is 13.5 Å². The van der Waals surface area contributed by atoms with E-state index in [2.05, 4.69) is 15.0 Å². The fourth-order valence-electron chi connectivity index (χ4n) is 2.78. The normalized spacial score (nSPS) is 11.1. The van der Waals surface area contributed by atoms with Crippen LogP contribution in [0.4, 0.5) is 0 Å². The first-order chi connectivity index (χ1) is 12.7. The molecule has 0 unspecified atom stereocenters. The number of hydrogen-bond donors (Lipinski definition) is 0. The smallest absolute Gasteiger partial charge is 0.315 e. The molecule has 4 aromatic rings. The zero-order valence-corrected chi connectivity index (χ0v) is 14.0. The van der Waals surface area contributed by atoms with Gasteiger partial charge in [0.1, 0.15) is 11.2 Å². The molecule has 4 aromatic heterocycles. The second-order valence-corrected chi connectivity index (χ2v) is 5.60. The van der Waals surface area contributed by atoms with Crippen molar-refractivity contribution in [3.8, 4) is 5.88 Å². The van der Waals surface area contributed by atoms with Crippen molar-refractivity contribution in [1.82, 2.24) is 23.9 Å². The number of aromatic nitrogens is 5. The summed E-state index contributed by atoms with van der Waals surface area (Å²) in [4.78, 5) is 38.0. The van der Waals surface area contributed by atoms with E-state index in [4.69, 9.17) is 4.74 Å². The monoisotopic (exact) mass is 349 g/mol. The van der Waals surface area contributed by atoms with Gasteiger partial charge in [-0.1, -0.05) is 6.07 Å². The Bertz CT molecular complexity index is 1230. The standard InChI is InChI=1S/C18H15N5O3/c1-2-26-17-18(25)23(16-13(21-17)6-5-8-19-16)11-12-10-15(24)22-9-4-3-7-14(22)20-12/h3-10H,2,11H2,1H3. The molecular weight excluding hydrogens is 334 g/mol. The lowest BCUT2D eigenvalue weighted by Gasteiger charge is -2.11. The van der Waals surface area contributed by atoms with Gasteiger partial charge in [-0.2, -0.15) is 0 Å². The van der Waals surface area contributed by atoms with Crippen LogP contribution in [0.5, 0.6) is 5.88 Å². The minimum Gasteiger partial charge on any atom is -0.474 e. The highest BCUT2D eigenvalue weighted by atomic mass is 16.5. The van der Waals surface area contributed by atoms with Crippen LogP contribution in [-0.2, 0) is 6.54 Å². The average molecular weight is 349 g/mol. The number of pyridine rings is 2. The molecule has 8 nitrogen and oxygen atoms in total. The Labute approximate surface area is 147 Å². The summed E-state index contributed by atoms with van der Waals surface area (Å²) < 4.78 is 8.23. The molecule has 0 aromatic carbocycles. The zero-order chi connectivity index (χ0) is 18.1. The van der Waals surface area contributed by atoms with E-state index in [1.807, 2.05) is 0 Å². The summed E-state index contributed by atoms with van der Waals surface area (Å²) in [5.41, 5.74) is 1.30. The van der Waals surface area contributed by atoms with Crippen molar-refractivity contribution in [3.63, 3.8) is 0 Å². The van der Waals surface area contributed by atoms with Gasteiger partial charge in [0, 0.05) is 18.5 Å². The molecule has 0 aliphatic rings. The third-order valence-corrected chi connectivity index (χ3v) is 3.90. The molecule has 0 amide bonds. The number of rotatable bonds is 4. The average Bonchev–Trinajstić information content (AvgIpc) is 2.65. The first-order valence-electron chi connectivity index (χ1n) is 8.13.